The van der Waals surface area contributed by atoms with Gasteiger partial charge in [-0.2, -0.15) is 0 Å². The van der Waals surface area contributed by atoms with Gasteiger partial charge in [-0.25, -0.2) is 0 Å². The molecule has 3 N–H and O–H groups in total. The molecule has 0 spiro atoms. The highest BCUT2D eigenvalue weighted by molar-refractivity contribution is 8.93. The third-order valence-corrected chi connectivity index (χ3v) is 9.30. The summed E-state index contributed by atoms with van der Waals surface area (Å²) in [5.41, 5.74) is 4.20. The van der Waals surface area contributed by atoms with E-state index in [0.717, 1.165) is 60.3 Å². The first-order valence-electron chi connectivity index (χ1n) is 15.2. The normalized spacial score (nSPS) is 22.2. The number of hydrazine groups is 1. The highest BCUT2D eigenvalue weighted by atomic mass is 79.9. The van der Waals surface area contributed by atoms with E-state index in [1.165, 1.54) is 5.01 Å². The molecule has 2 aliphatic rings. The van der Waals surface area contributed by atoms with Crippen molar-refractivity contribution < 1.29 is 9.59 Å². The van der Waals surface area contributed by atoms with Gasteiger partial charge in [0, 0.05) is 77.3 Å². The van der Waals surface area contributed by atoms with Crippen LogP contribution >= 0.6 is 40.2 Å². The number of benzene rings is 3. The number of nitrogens with one attached hydrogen (secondary N) is 1. The maximum absolute atomic E-state index is 14.5. The van der Waals surface area contributed by atoms with Crippen molar-refractivity contribution in [3.8, 4) is 0 Å². The minimum absolute atomic E-state index is 0. The smallest absolute Gasteiger partial charge is 0.167 e. The fraction of sp³-hybridized carbons (Fsp3) is 0.429. The van der Waals surface area contributed by atoms with Crippen molar-refractivity contribution in [3.05, 3.63) is 105 Å². The molecule has 2 heterocycles. The van der Waals surface area contributed by atoms with Crippen molar-refractivity contribution in [1.29, 1.82) is 0 Å². The van der Waals surface area contributed by atoms with E-state index < -0.39 is 5.54 Å². The maximum Gasteiger partial charge on any atom is 0.167 e. The van der Waals surface area contributed by atoms with Crippen LogP contribution in [0.3, 0.4) is 0 Å². The van der Waals surface area contributed by atoms with Crippen LogP contribution in [-0.2, 0) is 16.9 Å². The second-order valence-electron chi connectivity index (χ2n) is 12.2. The lowest BCUT2D eigenvalue weighted by molar-refractivity contribution is -0.119. The van der Waals surface area contributed by atoms with E-state index >= 15 is 0 Å². The predicted octanol–water partition coefficient (Wildman–Crippen LogP) is 6.07. The number of carbonyl (C=O) groups excluding carboxylic acids is 2. The molecular formula is C35H46BrCl2N5O2. The summed E-state index contributed by atoms with van der Waals surface area (Å²) in [5.74, 6) is 4.80. The molecule has 0 amide bonds. The molecule has 0 aliphatic carbocycles. The number of piperazine rings is 1. The van der Waals surface area contributed by atoms with Crippen LogP contribution in [0.4, 0.5) is 0 Å². The highest BCUT2D eigenvalue weighted by Crippen LogP contribution is 2.48. The first-order chi connectivity index (χ1) is 21.1. The number of piperidine rings is 1. The predicted molar refractivity (Wildman–Crippen MR) is 190 cm³/mol. The first-order valence-corrected chi connectivity index (χ1v) is 16.0. The second kappa shape index (κ2) is 17.1. The number of nitrogens with zero attached hydrogens (tertiary/aromatic N) is 3. The molecule has 0 radical (unpaired) electrons. The van der Waals surface area contributed by atoms with Crippen LogP contribution in [0.25, 0.3) is 0 Å². The molecule has 5 rings (SSSR count). The number of halogens is 3. The quantitative estimate of drug-likeness (QED) is 0.127. The molecule has 10 heteroatoms. The standard InChI is InChI=1S/C33H37Cl2N3O2.C2H8N2.BrH/c1-23-18-24(2)20-26(19-23)31(40)28-10-14-38(22-25-6-4-3-5-7-25)33(11-17-39,27-8-9-29(34)30(35)21-27)32(28)37-15-12-36-13-16-37;1-4(2)3;/h3-9,17-21,28,32,36H,10-16,22H2,1-2H3;3H2,1-2H3;1H. The average molecular weight is 720 g/mol. The molecule has 0 saturated carbocycles. The van der Waals surface area contributed by atoms with Crippen molar-refractivity contribution in [2.45, 2.75) is 44.8 Å². The number of Topliss-reactive ketones (excluding diaryl/α,β-unsaturated/α-hetero) is 1. The summed E-state index contributed by atoms with van der Waals surface area (Å²) in [4.78, 5) is 32.0. The zero-order valence-corrected chi connectivity index (χ0v) is 29.9. The Morgan fingerprint density at radius 3 is 2.18 bits per heavy atom. The van der Waals surface area contributed by atoms with Gasteiger partial charge in [0.25, 0.3) is 0 Å². The highest BCUT2D eigenvalue weighted by Gasteiger charge is 2.55. The molecule has 3 aromatic rings. The van der Waals surface area contributed by atoms with Gasteiger partial charge in [-0.05, 0) is 55.7 Å². The number of nitrogens with two attached hydrogens (primary N) is 1. The summed E-state index contributed by atoms with van der Waals surface area (Å²) < 4.78 is 0. The molecule has 2 fully saturated rings. The van der Waals surface area contributed by atoms with Crippen molar-refractivity contribution in [2.75, 3.05) is 46.8 Å². The lowest BCUT2D eigenvalue weighted by Gasteiger charge is -2.58. The average Bonchev–Trinajstić information content (AvgIpc) is 2.99. The molecule has 0 aromatic heterocycles. The van der Waals surface area contributed by atoms with Crippen LogP contribution in [0, 0.1) is 19.8 Å². The molecule has 244 valence electrons. The van der Waals surface area contributed by atoms with Gasteiger partial charge in [-0.15, -0.1) is 17.0 Å². The largest absolute Gasteiger partial charge is 0.314 e. The summed E-state index contributed by atoms with van der Waals surface area (Å²) in [6.45, 7) is 8.65. The van der Waals surface area contributed by atoms with Crippen molar-refractivity contribution in [3.63, 3.8) is 0 Å². The molecule has 0 bridgehead atoms. The van der Waals surface area contributed by atoms with E-state index in [0.29, 0.717) is 29.6 Å². The number of hydrogen-bond donors (Lipinski definition) is 2. The maximum atomic E-state index is 14.5. The van der Waals surface area contributed by atoms with Gasteiger partial charge in [-0.1, -0.05) is 76.8 Å². The zero-order valence-electron chi connectivity index (χ0n) is 26.6. The van der Waals surface area contributed by atoms with Gasteiger partial charge in [0.05, 0.1) is 15.6 Å². The van der Waals surface area contributed by atoms with Gasteiger partial charge in [0.15, 0.2) is 5.78 Å². The Labute approximate surface area is 288 Å². The molecule has 3 aromatic carbocycles. The van der Waals surface area contributed by atoms with Crippen LogP contribution in [0.2, 0.25) is 10.0 Å². The van der Waals surface area contributed by atoms with E-state index in [9.17, 15) is 9.59 Å². The molecular weight excluding hydrogens is 673 g/mol. The van der Waals surface area contributed by atoms with Crippen LogP contribution in [0.5, 0.6) is 0 Å². The second-order valence-corrected chi connectivity index (χ2v) is 13.0. The third kappa shape index (κ3) is 9.02. The Bertz CT molecular complexity index is 1400. The number of ketones is 1. The number of rotatable bonds is 8. The van der Waals surface area contributed by atoms with Gasteiger partial charge in [0.1, 0.15) is 6.29 Å². The van der Waals surface area contributed by atoms with E-state index in [4.69, 9.17) is 29.0 Å². The first kappa shape index (κ1) is 37.3. The topological polar surface area (TPSA) is 81.9 Å². The Balaban J connectivity index is 0.00000104. The van der Waals surface area contributed by atoms with Crippen LogP contribution in [0.15, 0.2) is 66.7 Å². The molecule has 3 unspecified atom stereocenters. The monoisotopic (exact) mass is 717 g/mol. The Morgan fingerprint density at radius 1 is 0.978 bits per heavy atom. The molecule has 45 heavy (non-hydrogen) atoms. The summed E-state index contributed by atoms with van der Waals surface area (Å²) in [7, 11) is 3.56. The zero-order chi connectivity index (χ0) is 31.9. The van der Waals surface area contributed by atoms with Crippen LogP contribution in [-0.4, -0.2) is 79.7 Å². The van der Waals surface area contributed by atoms with Crippen molar-refractivity contribution >= 4 is 52.3 Å². The molecule has 7 nitrogen and oxygen atoms in total. The lowest BCUT2D eigenvalue weighted by atomic mass is 9.66. The van der Waals surface area contributed by atoms with Gasteiger partial charge in [0.2, 0.25) is 0 Å². The van der Waals surface area contributed by atoms with Gasteiger partial charge >= 0.3 is 0 Å². The Kier molecular flexibility index (Phi) is 14.2. The number of carbonyl (C=O) groups is 2. The van der Waals surface area contributed by atoms with Crippen molar-refractivity contribution in [2.24, 2.45) is 11.8 Å². The third-order valence-electron chi connectivity index (χ3n) is 8.56. The molecule has 2 saturated heterocycles. The SMILES string of the molecule is Br.CN(C)N.Cc1cc(C)cc(C(=O)C2CCN(Cc3ccccc3)C(CC=O)(c3ccc(Cl)c(Cl)c3)C2N2CCNCC2)c1. The van der Waals surface area contributed by atoms with Gasteiger partial charge in [-0.3, -0.25) is 25.4 Å². The van der Waals surface area contributed by atoms with E-state index in [2.05, 4.69) is 33.3 Å². The fourth-order valence-corrected chi connectivity index (χ4v) is 7.23. The van der Waals surface area contributed by atoms with E-state index in [1.54, 1.807) is 14.1 Å². The van der Waals surface area contributed by atoms with E-state index in [1.807, 2.05) is 62.4 Å². The minimum atomic E-state index is -0.777. The summed E-state index contributed by atoms with van der Waals surface area (Å²) in [5, 5.41) is 5.88. The minimum Gasteiger partial charge on any atom is -0.314 e. The van der Waals surface area contributed by atoms with Crippen LogP contribution < -0.4 is 11.2 Å². The fourth-order valence-electron chi connectivity index (χ4n) is 6.93. The lowest BCUT2D eigenvalue weighted by Crippen LogP contribution is -2.69. The van der Waals surface area contributed by atoms with Crippen molar-refractivity contribution in [1.82, 2.24) is 20.1 Å². The summed E-state index contributed by atoms with van der Waals surface area (Å²) in [6.07, 6.45) is 1.96. The van der Waals surface area contributed by atoms with Crippen LogP contribution in [0.1, 0.15) is 45.5 Å². The molecule has 2 aliphatic heterocycles. The Morgan fingerprint density at radius 2 is 1.60 bits per heavy atom. The van der Waals surface area contributed by atoms with E-state index in [-0.39, 0.29) is 41.1 Å². The number of hydrogen-bond acceptors (Lipinski definition) is 7. The number of aryl methyl sites for hydroxylation is 2. The number of likely N-dealkylation sites (tertiary alicyclic amines) is 1. The molecule has 3 atom stereocenters. The Hall–Kier alpha value is -2.14. The number of aldehydes is 1. The summed E-state index contributed by atoms with van der Waals surface area (Å²) in [6, 6.07) is 21.9. The van der Waals surface area contributed by atoms with Gasteiger partial charge < -0.3 is 10.1 Å². The summed E-state index contributed by atoms with van der Waals surface area (Å²) >= 11 is 13.0.